The molecule has 1 atom stereocenters. The zero-order valence-corrected chi connectivity index (χ0v) is 13.3. The third-order valence-electron chi connectivity index (χ3n) is 2.64. The lowest BCUT2D eigenvalue weighted by Crippen LogP contribution is -2.22. The first-order valence-electron chi connectivity index (χ1n) is 6.23. The number of carbonyl (C=O) groups is 1. The molecule has 1 aromatic carbocycles. The molecule has 0 aliphatic heterocycles. The summed E-state index contributed by atoms with van der Waals surface area (Å²) in [7, 11) is -3.74. The van der Waals surface area contributed by atoms with Gasteiger partial charge in [-0.05, 0) is 37.3 Å². The number of nitrogens with zero attached hydrogens (tertiary/aromatic N) is 2. The van der Waals surface area contributed by atoms with Crippen molar-refractivity contribution in [1.29, 1.82) is 0 Å². The van der Waals surface area contributed by atoms with Gasteiger partial charge in [-0.2, -0.15) is 0 Å². The summed E-state index contributed by atoms with van der Waals surface area (Å²) < 4.78 is 22.3. The molecule has 3 N–H and O–H groups in total. The molecule has 0 saturated heterocycles. The van der Waals surface area contributed by atoms with Crippen molar-refractivity contribution < 1.29 is 13.2 Å². The Morgan fingerprint density at radius 2 is 1.82 bits per heavy atom. The molecule has 0 unspecified atom stereocenters. The second kappa shape index (κ2) is 6.86. The molecule has 2 rings (SSSR count). The van der Waals surface area contributed by atoms with E-state index in [0.717, 1.165) is 0 Å². The van der Waals surface area contributed by atoms with Gasteiger partial charge in [-0.25, -0.2) is 23.5 Å². The quantitative estimate of drug-likeness (QED) is 0.626. The summed E-state index contributed by atoms with van der Waals surface area (Å²) in [4.78, 5) is 20.1. The third kappa shape index (κ3) is 4.52. The number of anilines is 1. The Hall–Kier alpha value is -1.97. The number of thioether (sulfide) groups is 1. The molecule has 0 spiro atoms. The highest BCUT2D eigenvalue weighted by atomic mass is 32.2. The van der Waals surface area contributed by atoms with Crippen LogP contribution in [0, 0.1) is 0 Å². The Balaban J connectivity index is 1.99. The maximum absolute atomic E-state index is 12.1. The SMILES string of the molecule is C[C@@H](Sc1ncccn1)C(=O)Nc1ccc(S(N)(=O)=O)cc1. The summed E-state index contributed by atoms with van der Waals surface area (Å²) in [5.41, 5.74) is 0.485. The number of aromatic nitrogens is 2. The average Bonchev–Trinajstić information content (AvgIpc) is 2.48. The van der Waals surface area contributed by atoms with Crippen LogP contribution in [-0.2, 0) is 14.8 Å². The van der Waals surface area contributed by atoms with Crippen molar-refractivity contribution in [3.8, 4) is 0 Å². The van der Waals surface area contributed by atoms with Crippen molar-refractivity contribution in [2.75, 3.05) is 5.32 Å². The maximum atomic E-state index is 12.1. The van der Waals surface area contributed by atoms with E-state index in [0.29, 0.717) is 10.8 Å². The molecule has 0 saturated carbocycles. The standard InChI is InChI=1S/C13H14N4O3S2/c1-9(21-13-15-7-2-8-16-13)12(18)17-10-3-5-11(6-4-10)22(14,19)20/h2-9H,1H3,(H,17,18)(H2,14,19,20)/t9-/m1/s1. The van der Waals surface area contributed by atoms with Gasteiger partial charge >= 0.3 is 0 Å². The van der Waals surface area contributed by atoms with Gasteiger partial charge in [0.2, 0.25) is 15.9 Å². The van der Waals surface area contributed by atoms with Crippen molar-refractivity contribution >= 4 is 33.4 Å². The Morgan fingerprint density at radius 1 is 1.23 bits per heavy atom. The second-order valence-electron chi connectivity index (χ2n) is 4.35. The molecule has 116 valence electrons. The molecule has 0 aliphatic carbocycles. The Kier molecular flexibility index (Phi) is 5.11. The van der Waals surface area contributed by atoms with Gasteiger partial charge in [0, 0.05) is 18.1 Å². The number of amides is 1. The van der Waals surface area contributed by atoms with E-state index in [2.05, 4.69) is 15.3 Å². The number of hydrogen-bond donors (Lipinski definition) is 2. The van der Waals surface area contributed by atoms with Crippen LogP contribution in [0.25, 0.3) is 0 Å². The summed E-state index contributed by atoms with van der Waals surface area (Å²) >= 11 is 1.23. The Bertz CT molecular complexity index is 749. The average molecular weight is 338 g/mol. The van der Waals surface area contributed by atoms with Crippen LogP contribution in [0.4, 0.5) is 5.69 Å². The van der Waals surface area contributed by atoms with E-state index < -0.39 is 15.3 Å². The fraction of sp³-hybridized carbons (Fsp3) is 0.154. The smallest absolute Gasteiger partial charge is 0.238 e. The largest absolute Gasteiger partial charge is 0.325 e. The fourth-order valence-electron chi connectivity index (χ4n) is 1.53. The summed E-state index contributed by atoms with van der Waals surface area (Å²) in [5, 5.41) is 7.81. The highest BCUT2D eigenvalue weighted by Crippen LogP contribution is 2.20. The number of benzene rings is 1. The van der Waals surface area contributed by atoms with E-state index >= 15 is 0 Å². The molecule has 9 heteroatoms. The lowest BCUT2D eigenvalue weighted by Gasteiger charge is -2.11. The van der Waals surface area contributed by atoms with Gasteiger partial charge in [-0.1, -0.05) is 11.8 Å². The predicted molar refractivity (Wildman–Crippen MR) is 83.8 cm³/mol. The monoisotopic (exact) mass is 338 g/mol. The number of carbonyl (C=O) groups excluding carboxylic acids is 1. The van der Waals surface area contributed by atoms with Gasteiger partial charge in [-0.3, -0.25) is 4.79 Å². The Labute approximate surface area is 132 Å². The van der Waals surface area contributed by atoms with Crippen LogP contribution >= 0.6 is 11.8 Å². The molecule has 0 radical (unpaired) electrons. The van der Waals surface area contributed by atoms with E-state index in [-0.39, 0.29) is 10.8 Å². The molecule has 1 amide bonds. The van der Waals surface area contributed by atoms with E-state index in [1.807, 2.05) is 0 Å². The maximum Gasteiger partial charge on any atom is 0.238 e. The summed E-state index contributed by atoms with van der Waals surface area (Å²) in [6.07, 6.45) is 3.21. The van der Waals surface area contributed by atoms with E-state index in [4.69, 9.17) is 5.14 Å². The number of nitrogens with two attached hydrogens (primary N) is 1. The summed E-state index contributed by atoms with van der Waals surface area (Å²) in [5.74, 6) is -0.235. The minimum atomic E-state index is -3.74. The molecule has 1 heterocycles. The Morgan fingerprint density at radius 3 is 2.36 bits per heavy atom. The molecular formula is C13H14N4O3S2. The van der Waals surface area contributed by atoms with Crippen LogP contribution in [0.5, 0.6) is 0 Å². The lowest BCUT2D eigenvalue weighted by atomic mass is 10.3. The van der Waals surface area contributed by atoms with Gasteiger partial charge in [-0.15, -0.1) is 0 Å². The van der Waals surface area contributed by atoms with Crippen molar-refractivity contribution in [2.45, 2.75) is 22.2 Å². The van der Waals surface area contributed by atoms with Crippen LogP contribution in [0.15, 0.2) is 52.8 Å². The van der Waals surface area contributed by atoms with Gasteiger partial charge in [0.1, 0.15) is 0 Å². The van der Waals surface area contributed by atoms with Crippen molar-refractivity contribution in [2.24, 2.45) is 5.14 Å². The van der Waals surface area contributed by atoms with Crippen LogP contribution in [0.3, 0.4) is 0 Å². The highest BCUT2D eigenvalue weighted by molar-refractivity contribution is 8.00. The normalized spacial score (nSPS) is 12.6. The molecule has 2 aromatic rings. The summed E-state index contributed by atoms with van der Waals surface area (Å²) in [6.45, 7) is 1.73. The molecule has 0 fully saturated rings. The zero-order chi connectivity index (χ0) is 16.2. The topological polar surface area (TPSA) is 115 Å². The molecule has 7 nitrogen and oxygen atoms in total. The highest BCUT2D eigenvalue weighted by Gasteiger charge is 2.16. The van der Waals surface area contributed by atoms with Crippen LogP contribution in [-0.4, -0.2) is 29.5 Å². The van der Waals surface area contributed by atoms with E-state index in [9.17, 15) is 13.2 Å². The van der Waals surface area contributed by atoms with Gasteiger partial charge in [0.05, 0.1) is 10.1 Å². The first-order chi connectivity index (χ1) is 10.4. The van der Waals surface area contributed by atoms with Crippen molar-refractivity contribution in [3.63, 3.8) is 0 Å². The lowest BCUT2D eigenvalue weighted by molar-refractivity contribution is -0.115. The minimum absolute atomic E-state index is 0.00870. The van der Waals surface area contributed by atoms with Crippen LogP contribution in [0.1, 0.15) is 6.92 Å². The number of hydrogen-bond acceptors (Lipinski definition) is 6. The molecule has 0 bridgehead atoms. The van der Waals surface area contributed by atoms with E-state index in [1.54, 1.807) is 25.4 Å². The van der Waals surface area contributed by atoms with Gasteiger partial charge in [0.15, 0.2) is 5.16 Å². The number of nitrogens with one attached hydrogen (secondary N) is 1. The van der Waals surface area contributed by atoms with Gasteiger partial charge in [0.25, 0.3) is 0 Å². The van der Waals surface area contributed by atoms with Crippen molar-refractivity contribution in [1.82, 2.24) is 9.97 Å². The van der Waals surface area contributed by atoms with Crippen molar-refractivity contribution in [3.05, 3.63) is 42.7 Å². The van der Waals surface area contributed by atoms with Crippen LogP contribution < -0.4 is 10.5 Å². The number of rotatable bonds is 5. The zero-order valence-electron chi connectivity index (χ0n) is 11.6. The molecule has 1 aromatic heterocycles. The molecular weight excluding hydrogens is 324 g/mol. The second-order valence-corrected chi connectivity index (χ2v) is 7.22. The first-order valence-corrected chi connectivity index (χ1v) is 8.66. The number of primary sulfonamides is 1. The predicted octanol–water partition coefficient (Wildman–Crippen LogP) is 1.24. The first kappa shape index (κ1) is 16.4. The van der Waals surface area contributed by atoms with Crippen LogP contribution in [0.2, 0.25) is 0 Å². The molecule has 0 aliphatic rings. The third-order valence-corrected chi connectivity index (χ3v) is 4.56. The summed E-state index contributed by atoms with van der Waals surface area (Å²) in [6, 6.07) is 7.33. The van der Waals surface area contributed by atoms with Gasteiger partial charge < -0.3 is 5.32 Å². The number of sulfonamides is 1. The van der Waals surface area contributed by atoms with E-state index in [1.165, 1.54) is 36.0 Å². The minimum Gasteiger partial charge on any atom is -0.325 e. The molecule has 22 heavy (non-hydrogen) atoms. The fourth-order valence-corrected chi connectivity index (χ4v) is 2.77.